The molecule has 260 valence electrons. The van der Waals surface area contributed by atoms with E-state index in [1.165, 1.54) is 19.8 Å². The molecular formula is C40H38Cl4N2O4. The SMILES string of the molecule is CC(=O)c1ccc(Cl)cc1.N#CCC1CC1.O=C(CC1CC1)NC(CC(=O)c1ccc(Cl)cc1)c1ccc(Cl)cc1.O=Cc1ccc(Cl)cc1. The first-order valence-electron chi connectivity index (χ1n) is 16.1. The Hall–Kier alpha value is -3.99. The zero-order chi connectivity index (χ0) is 36.5. The number of rotatable bonds is 10. The quantitative estimate of drug-likeness (QED) is 0.128. The average molecular weight is 753 g/mol. The van der Waals surface area contributed by atoms with Gasteiger partial charge >= 0.3 is 0 Å². The molecule has 0 heterocycles. The summed E-state index contributed by atoms with van der Waals surface area (Å²) in [5.74, 6) is 1.30. The minimum atomic E-state index is -0.369. The summed E-state index contributed by atoms with van der Waals surface area (Å²) in [6.07, 6.45) is 7.13. The third-order valence-corrected chi connectivity index (χ3v) is 8.68. The number of nitrogens with zero attached hydrogens (tertiary/aromatic N) is 1. The van der Waals surface area contributed by atoms with E-state index >= 15 is 0 Å². The smallest absolute Gasteiger partial charge is 0.220 e. The summed E-state index contributed by atoms with van der Waals surface area (Å²) >= 11 is 23.0. The molecule has 4 aromatic carbocycles. The highest BCUT2D eigenvalue weighted by Gasteiger charge is 2.26. The molecule has 0 saturated heterocycles. The minimum Gasteiger partial charge on any atom is -0.349 e. The molecule has 1 unspecified atom stereocenters. The molecule has 0 spiro atoms. The van der Waals surface area contributed by atoms with E-state index in [9.17, 15) is 19.2 Å². The lowest BCUT2D eigenvalue weighted by Crippen LogP contribution is -2.30. The van der Waals surface area contributed by atoms with Crippen molar-refractivity contribution < 1.29 is 19.2 Å². The molecule has 2 aliphatic carbocycles. The van der Waals surface area contributed by atoms with E-state index in [4.69, 9.17) is 51.7 Å². The predicted molar refractivity (Wildman–Crippen MR) is 201 cm³/mol. The molecule has 2 fully saturated rings. The van der Waals surface area contributed by atoms with Crippen LogP contribution in [0.4, 0.5) is 0 Å². The van der Waals surface area contributed by atoms with Crippen LogP contribution in [0.3, 0.4) is 0 Å². The summed E-state index contributed by atoms with van der Waals surface area (Å²) < 4.78 is 0. The molecule has 50 heavy (non-hydrogen) atoms. The van der Waals surface area contributed by atoms with E-state index in [1.807, 2.05) is 12.1 Å². The number of benzene rings is 4. The van der Waals surface area contributed by atoms with Crippen LogP contribution < -0.4 is 5.32 Å². The summed E-state index contributed by atoms with van der Waals surface area (Å²) in [4.78, 5) is 45.6. The molecule has 2 aliphatic rings. The van der Waals surface area contributed by atoms with Crippen molar-refractivity contribution in [2.24, 2.45) is 11.8 Å². The lowest BCUT2D eigenvalue weighted by atomic mass is 9.97. The topological polar surface area (TPSA) is 104 Å². The zero-order valence-electron chi connectivity index (χ0n) is 27.6. The fourth-order valence-electron chi connectivity index (χ4n) is 4.40. The summed E-state index contributed by atoms with van der Waals surface area (Å²) in [6.45, 7) is 1.53. The van der Waals surface area contributed by atoms with E-state index in [0.29, 0.717) is 49.1 Å². The van der Waals surface area contributed by atoms with Gasteiger partial charge < -0.3 is 5.32 Å². The van der Waals surface area contributed by atoms with E-state index in [2.05, 4.69) is 11.4 Å². The Kier molecular flexibility index (Phi) is 17.2. The molecule has 1 amide bonds. The number of aldehydes is 1. The maximum Gasteiger partial charge on any atom is 0.220 e. The van der Waals surface area contributed by atoms with Gasteiger partial charge in [0.05, 0.1) is 12.1 Å². The molecular weight excluding hydrogens is 714 g/mol. The van der Waals surface area contributed by atoms with Gasteiger partial charge in [0.25, 0.3) is 0 Å². The van der Waals surface area contributed by atoms with E-state index in [0.717, 1.165) is 37.0 Å². The highest BCUT2D eigenvalue weighted by molar-refractivity contribution is 6.31. The molecule has 0 bridgehead atoms. The van der Waals surface area contributed by atoms with Gasteiger partial charge in [-0.15, -0.1) is 0 Å². The minimum absolute atomic E-state index is 0.00800. The molecule has 6 rings (SSSR count). The molecule has 0 radical (unpaired) electrons. The molecule has 0 aliphatic heterocycles. The maximum atomic E-state index is 12.6. The number of carbonyl (C=O) groups is 4. The zero-order valence-corrected chi connectivity index (χ0v) is 30.6. The van der Waals surface area contributed by atoms with E-state index in [-0.39, 0.29) is 29.9 Å². The Morgan fingerprint density at radius 3 is 1.56 bits per heavy atom. The van der Waals surface area contributed by atoms with E-state index < -0.39 is 0 Å². The van der Waals surface area contributed by atoms with Gasteiger partial charge in [-0.25, -0.2) is 0 Å². The van der Waals surface area contributed by atoms with Crippen LogP contribution in [0, 0.1) is 23.2 Å². The normalized spacial score (nSPS) is 13.3. The molecule has 10 heteroatoms. The number of nitriles is 1. The third kappa shape index (κ3) is 16.1. The van der Waals surface area contributed by atoms with Crippen LogP contribution in [-0.4, -0.2) is 23.8 Å². The molecule has 0 aromatic heterocycles. The number of ketones is 2. The van der Waals surface area contributed by atoms with Gasteiger partial charge in [0.1, 0.15) is 6.29 Å². The summed E-state index contributed by atoms with van der Waals surface area (Å²) in [5, 5.41) is 13.6. The first kappa shape index (κ1) is 40.4. The monoisotopic (exact) mass is 750 g/mol. The first-order valence-corrected chi connectivity index (χ1v) is 17.7. The van der Waals surface area contributed by atoms with Crippen LogP contribution in [0.15, 0.2) is 97.1 Å². The van der Waals surface area contributed by atoms with Crippen molar-refractivity contribution in [2.45, 2.75) is 57.9 Å². The number of carbonyl (C=O) groups excluding carboxylic acids is 4. The largest absolute Gasteiger partial charge is 0.349 e. The van der Waals surface area contributed by atoms with Crippen molar-refractivity contribution in [3.8, 4) is 6.07 Å². The number of amides is 1. The Bertz CT molecular complexity index is 1730. The summed E-state index contributed by atoms with van der Waals surface area (Å²) in [7, 11) is 0. The lowest BCUT2D eigenvalue weighted by Gasteiger charge is -2.19. The molecule has 6 nitrogen and oxygen atoms in total. The van der Waals surface area contributed by atoms with Crippen molar-refractivity contribution in [3.63, 3.8) is 0 Å². The number of hydrogen-bond acceptors (Lipinski definition) is 5. The second-order valence-corrected chi connectivity index (χ2v) is 13.7. The Balaban J connectivity index is 0.000000219. The Morgan fingerprint density at radius 2 is 1.16 bits per heavy atom. The second kappa shape index (κ2) is 21.3. The number of halogens is 4. The first-order chi connectivity index (χ1) is 24.0. The van der Waals surface area contributed by atoms with Crippen LogP contribution in [0.5, 0.6) is 0 Å². The molecule has 1 N–H and O–H groups in total. The number of hydrogen-bond donors (Lipinski definition) is 1. The van der Waals surface area contributed by atoms with Crippen LogP contribution in [-0.2, 0) is 4.79 Å². The van der Waals surface area contributed by atoms with Gasteiger partial charge in [0.2, 0.25) is 5.91 Å². The van der Waals surface area contributed by atoms with Crippen LogP contribution in [0.1, 0.15) is 94.5 Å². The average Bonchev–Trinajstić information content (AvgIpc) is 4.05. The van der Waals surface area contributed by atoms with Gasteiger partial charge in [0, 0.05) is 56.0 Å². The highest BCUT2D eigenvalue weighted by Crippen LogP contribution is 2.33. The highest BCUT2D eigenvalue weighted by atomic mass is 35.5. The van der Waals surface area contributed by atoms with Crippen molar-refractivity contribution in [1.82, 2.24) is 5.32 Å². The van der Waals surface area contributed by atoms with Crippen molar-refractivity contribution in [3.05, 3.63) is 139 Å². The summed E-state index contributed by atoms with van der Waals surface area (Å²) in [6, 6.07) is 29.3. The van der Waals surface area contributed by atoms with Gasteiger partial charge in [-0.05, 0) is 123 Å². The maximum absolute atomic E-state index is 12.6. The van der Waals surface area contributed by atoms with Crippen LogP contribution >= 0.6 is 46.4 Å². The molecule has 4 aromatic rings. The standard InChI is InChI=1S/C20H19Cl2NO2.C8H7ClO.C7H5ClO.C5H7N/c21-16-7-3-14(4-8-16)18(23-20(25)11-13-1-2-13)12-19(24)15-5-9-17(22)10-6-15;1-6(10)7-2-4-8(9)5-3-7;8-7-3-1-6(5-9)2-4-7;6-4-3-5-1-2-5/h3-10,13,18H,1-2,11-12H2,(H,23,25);2-5H,1H3;1-5H;5H,1-3H2. The van der Waals surface area contributed by atoms with Crippen LogP contribution in [0.2, 0.25) is 20.1 Å². The molecule has 2 saturated carbocycles. The van der Waals surface area contributed by atoms with Crippen molar-refractivity contribution in [1.29, 1.82) is 5.26 Å². The molecule has 1 atom stereocenters. The van der Waals surface area contributed by atoms with Gasteiger partial charge in [0.15, 0.2) is 11.6 Å². The fourth-order valence-corrected chi connectivity index (χ4v) is 4.90. The number of nitrogens with one attached hydrogen (secondary N) is 1. The van der Waals surface area contributed by atoms with Crippen molar-refractivity contribution >= 4 is 70.2 Å². The third-order valence-electron chi connectivity index (χ3n) is 7.67. The van der Waals surface area contributed by atoms with E-state index in [1.54, 1.807) is 84.9 Å². The van der Waals surface area contributed by atoms with Crippen molar-refractivity contribution in [2.75, 3.05) is 0 Å². The summed E-state index contributed by atoms with van der Waals surface area (Å²) in [5.41, 5.74) is 2.81. The lowest BCUT2D eigenvalue weighted by molar-refractivity contribution is -0.122. The predicted octanol–water partition coefficient (Wildman–Crippen LogP) is 11.2. The Morgan fingerprint density at radius 1 is 0.720 bits per heavy atom. The van der Waals surface area contributed by atoms with Gasteiger partial charge in [-0.3, -0.25) is 19.2 Å². The van der Waals surface area contributed by atoms with Gasteiger partial charge in [-0.1, -0.05) is 70.7 Å². The number of Topliss-reactive ketones (excluding diaryl/α,β-unsaturated/α-hetero) is 2. The van der Waals surface area contributed by atoms with Crippen LogP contribution in [0.25, 0.3) is 0 Å². The Labute approximate surface area is 313 Å². The second-order valence-electron chi connectivity index (χ2n) is 12.0. The fraction of sp³-hybridized carbons (Fsp3) is 0.275. The van der Waals surface area contributed by atoms with Gasteiger partial charge in [-0.2, -0.15) is 5.26 Å².